The average molecular weight is 156 g/mol. The number of morpholine rings is 1. The standard InChI is InChI=1S/C7H12N2O2/c10-8-9-6-2-1-3-7(9)5-11-4-6/h6-7H,1-5H2. The lowest BCUT2D eigenvalue weighted by atomic mass is 9.97. The highest BCUT2D eigenvalue weighted by molar-refractivity contribution is 4.85. The highest BCUT2D eigenvalue weighted by atomic mass is 16.5. The van der Waals surface area contributed by atoms with Crippen LogP contribution in [0.15, 0.2) is 5.29 Å². The van der Waals surface area contributed by atoms with E-state index in [1.165, 1.54) is 6.42 Å². The molecule has 0 amide bonds. The molecule has 0 N–H and O–H groups in total. The third-order valence-electron chi connectivity index (χ3n) is 2.54. The van der Waals surface area contributed by atoms with Crippen LogP contribution in [0, 0.1) is 4.91 Å². The topological polar surface area (TPSA) is 41.9 Å². The third-order valence-corrected chi connectivity index (χ3v) is 2.54. The van der Waals surface area contributed by atoms with Crippen LogP contribution in [0.1, 0.15) is 19.3 Å². The maximum Gasteiger partial charge on any atom is 0.0740 e. The van der Waals surface area contributed by atoms with Gasteiger partial charge in [0.05, 0.1) is 30.6 Å². The van der Waals surface area contributed by atoms with Crippen molar-refractivity contribution in [3.8, 4) is 0 Å². The summed E-state index contributed by atoms with van der Waals surface area (Å²) in [5.74, 6) is 0. The van der Waals surface area contributed by atoms with Gasteiger partial charge in [-0.3, -0.25) is 5.01 Å². The van der Waals surface area contributed by atoms with Crippen LogP contribution in [0.3, 0.4) is 0 Å². The Kier molecular flexibility index (Phi) is 1.77. The lowest BCUT2D eigenvalue weighted by Crippen LogP contribution is -2.51. The summed E-state index contributed by atoms with van der Waals surface area (Å²) in [6, 6.07) is 0.528. The van der Waals surface area contributed by atoms with Crippen molar-refractivity contribution in [2.24, 2.45) is 5.29 Å². The second kappa shape index (κ2) is 2.77. The molecule has 0 aliphatic carbocycles. The SMILES string of the molecule is O=NN1C2CCCC1COC2. The number of ether oxygens (including phenoxy) is 1. The van der Waals surface area contributed by atoms with E-state index in [0.29, 0.717) is 13.2 Å². The van der Waals surface area contributed by atoms with E-state index >= 15 is 0 Å². The Bertz CT molecular complexity index is 141. The molecule has 2 rings (SSSR count). The minimum absolute atomic E-state index is 0.264. The van der Waals surface area contributed by atoms with E-state index in [2.05, 4.69) is 5.29 Å². The highest BCUT2D eigenvalue weighted by Gasteiger charge is 2.34. The number of rotatable bonds is 1. The largest absolute Gasteiger partial charge is 0.377 e. The molecule has 0 spiro atoms. The maximum absolute atomic E-state index is 10.4. The summed E-state index contributed by atoms with van der Waals surface area (Å²) in [5, 5.41) is 4.72. The molecule has 2 bridgehead atoms. The molecule has 2 heterocycles. The molecule has 0 saturated carbocycles. The molecule has 2 unspecified atom stereocenters. The van der Waals surface area contributed by atoms with Gasteiger partial charge in [0.2, 0.25) is 0 Å². The Hall–Kier alpha value is -0.640. The predicted molar refractivity (Wildman–Crippen MR) is 39.9 cm³/mol. The van der Waals surface area contributed by atoms with Crippen LogP contribution in [-0.2, 0) is 4.74 Å². The molecule has 2 atom stereocenters. The number of nitroso groups, excluding NO2 is 1. The summed E-state index contributed by atoms with van der Waals surface area (Å²) in [4.78, 5) is 10.4. The fourth-order valence-corrected chi connectivity index (χ4v) is 1.94. The quantitative estimate of drug-likeness (QED) is 0.530. The molecule has 62 valence electrons. The molecule has 2 aliphatic heterocycles. The van der Waals surface area contributed by atoms with Gasteiger partial charge >= 0.3 is 0 Å². The van der Waals surface area contributed by atoms with Crippen molar-refractivity contribution in [1.29, 1.82) is 0 Å². The third kappa shape index (κ3) is 1.11. The molecule has 0 radical (unpaired) electrons. The first-order valence-corrected chi connectivity index (χ1v) is 4.11. The average Bonchev–Trinajstić information content (AvgIpc) is 2.03. The second-order valence-corrected chi connectivity index (χ2v) is 3.24. The molecule has 2 fully saturated rings. The van der Waals surface area contributed by atoms with Gasteiger partial charge in [-0.1, -0.05) is 0 Å². The normalized spacial score (nSPS) is 36.9. The van der Waals surface area contributed by atoms with Crippen molar-refractivity contribution in [2.45, 2.75) is 31.3 Å². The summed E-state index contributed by atoms with van der Waals surface area (Å²) in [5.41, 5.74) is 0. The first-order chi connectivity index (χ1) is 5.42. The molecular weight excluding hydrogens is 144 g/mol. The number of hydrogen-bond acceptors (Lipinski definition) is 3. The lowest BCUT2D eigenvalue weighted by molar-refractivity contribution is -0.0732. The van der Waals surface area contributed by atoms with Gasteiger partial charge in [-0.25, -0.2) is 0 Å². The van der Waals surface area contributed by atoms with E-state index in [1.807, 2.05) is 0 Å². The summed E-state index contributed by atoms with van der Waals surface area (Å²) in [7, 11) is 0. The Labute approximate surface area is 65.5 Å². The van der Waals surface area contributed by atoms with Crippen LogP contribution in [0.2, 0.25) is 0 Å². The maximum atomic E-state index is 10.4. The minimum atomic E-state index is 0.264. The van der Waals surface area contributed by atoms with E-state index in [1.54, 1.807) is 5.01 Å². The Morgan fingerprint density at radius 1 is 1.27 bits per heavy atom. The zero-order valence-corrected chi connectivity index (χ0v) is 6.40. The van der Waals surface area contributed by atoms with E-state index in [0.717, 1.165) is 12.8 Å². The van der Waals surface area contributed by atoms with E-state index in [-0.39, 0.29) is 12.1 Å². The van der Waals surface area contributed by atoms with Gasteiger partial charge in [0.15, 0.2) is 0 Å². The number of hydrogen-bond donors (Lipinski definition) is 0. The van der Waals surface area contributed by atoms with Crippen LogP contribution < -0.4 is 0 Å². The van der Waals surface area contributed by atoms with Gasteiger partial charge in [-0.05, 0) is 19.3 Å². The van der Waals surface area contributed by atoms with Gasteiger partial charge in [0, 0.05) is 0 Å². The van der Waals surface area contributed by atoms with Crippen molar-refractivity contribution in [1.82, 2.24) is 5.01 Å². The van der Waals surface area contributed by atoms with Crippen LogP contribution in [0.5, 0.6) is 0 Å². The van der Waals surface area contributed by atoms with E-state index in [9.17, 15) is 4.91 Å². The van der Waals surface area contributed by atoms with Crippen molar-refractivity contribution in [3.05, 3.63) is 4.91 Å². The molecule has 0 aromatic rings. The van der Waals surface area contributed by atoms with Crippen molar-refractivity contribution >= 4 is 0 Å². The second-order valence-electron chi connectivity index (χ2n) is 3.24. The predicted octanol–water partition coefficient (Wildman–Crippen LogP) is 0.921. The van der Waals surface area contributed by atoms with Crippen molar-refractivity contribution in [3.63, 3.8) is 0 Å². The summed E-state index contributed by atoms with van der Waals surface area (Å²) >= 11 is 0. The number of piperidine rings is 1. The van der Waals surface area contributed by atoms with Crippen LogP contribution in [0.25, 0.3) is 0 Å². The smallest absolute Gasteiger partial charge is 0.0740 e. The van der Waals surface area contributed by atoms with Gasteiger partial charge in [0.25, 0.3) is 0 Å². The monoisotopic (exact) mass is 156 g/mol. The first kappa shape index (κ1) is 7.03. The Balaban J connectivity index is 2.10. The number of fused-ring (bicyclic) bond motifs is 2. The highest BCUT2D eigenvalue weighted by Crippen LogP contribution is 2.26. The summed E-state index contributed by atoms with van der Waals surface area (Å²) < 4.78 is 5.33. The molecule has 11 heavy (non-hydrogen) atoms. The lowest BCUT2D eigenvalue weighted by Gasteiger charge is -2.41. The van der Waals surface area contributed by atoms with Gasteiger partial charge in [0.1, 0.15) is 0 Å². The van der Waals surface area contributed by atoms with Crippen LogP contribution in [-0.4, -0.2) is 30.3 Å². The molecule has 4 heteroatoms. The zero-order valence-electron chi connectivity index (χ0n) is 6.40. The molecule has 0 aromatic carbocycles. The summed E-state index contributed by atoms with van der Waals surface area (Å²) in [6.07, 6.45) is 3.33. The fraction of sp³-hybridized carbons (Fsp3) is 1.00. The van der Waals surface area contributed by atoms with Crippen LogP contribution in [0.4, 0.5) is 0 Å². The Morgan fingerprint density at radius 3 is 2.36 bits per heavy atom. The molecule has 4 nitrogen and oxygen atoms in total. The van der Waals surface area contributed by atoms with Gasteiger partial charge in [-0.15, -0.1) is 4.91 Å². The molecule has 0 aromatic heterocycles. The number of nitrogens with zero attached hydrogens (tertiary/aromatic N) is 2. The van der Waals surface area contributed by atoms with Gasteiger partial charge in [-0.2, -0.15) is 0 Å². The zero-order chi connectivity index (χ0) is 7.68. The molecule has 2 aliphatic rings. The minimum Gasteiger partial charge on any atom is -0.377 e. The fourth-order valence-electron chi connectivity index (χ4n) is 1.94. The first-order valence-electron chi connectivity index (χ1n) is 4.11. The molecular formula is C7H12N2O2. The van der Waals surface area contributed by atoms with Crippen LogP contribution >= 0.6 is 0 Å². The summed E-state index contributed by atoms with van der Waals surface area (Å²) in [6.45, 7) is 1.37. The molecule has 2 saturated heterocycles. The van der Waals surface area contributed by atoms with E-state index in [4.69, 9.17) is 4.74 Å². The van der Waals surface area contributed by atoms with E-state index < -0.39 is 0 Å². The van der Waals surface area contributed by atoms with Crippen molar-refractivity contribution in [2.75, 3.05) is 13.2 Å². The Morgan fingerprint density at radius 2 is 1.91 bits per heavy atom. The van der Waals surface area contributed by atoms with Crippen molar-refractivity contribution < 1.29 is 4.74 Å². The van der Waals surface area contributed by atoms with Gasteiger partial charge < -0.3 is 4.74 Å².